The Morgan fingerprint density at radius 1 is 1.56 bits per heavy atom. The average Bonchev–Trinajstić information content (AvgIpc) is 1.63. The maximum absolute atomic E-state index is 10.3. The highest BCUT2D eigenvalue weighted by Crippen LogP contribution is 2.08. The van der Waals surface area contributed by atoms with Gasteiger partial charge in [-0.2, -0.15) is 0 Å². The van der Waals surface area contributed by atoms with Gasteiger partial charge in [0.2, 0.25) is 0 Å². The molecule has 0 fully saturated rings. The van der Waals surface area contributed by atoms with Crippen LogP contribution in [0.25, 0.3) is 0 Å². The molecular formula is C5H9Br2NO. The van der Waals surface area contributed by atoms with Gasteiger partial charge in [0.25, 0.3) is 4.82 Å². The quantitative estimate of drug-likeness (QED) is 0.460. The Labute approximate surface area is 71.6 Å². The van der Waals surface area contributed by atoms with Crippen molar-refractivity contribution in [2.45, 2.75) is 18.8 Å². The Bertz CT molecular complexity index is 105. The van der Waals surface area contributed by atoms with E-state index < -0.39 is 0 Å². The van der Waals surface area contributed by atoms with Crippen molar-refractivity contribution in [1.82, 2.24) is 5.32 Å². The first-order valence-corrected chi connectivity index (χ1v) is 4.35. The summed E-state index contributed by atoms with van der Waals surface area (Å²) in [6.07, 6.45) is 0. The van der Waals surface area contributed by atoms with Crippen molar-refractivity contribution in [3.8, 4) is 0 Å². The van der Waals surface area contributed by atoms with Crippen LogP contribution in [0, 0.1) is 5.92 Å². The lowest BCUT2D eigenvalue weighted by Gasteiger charge is -2.12. The van der Waals surface area contributed by atoms with Crippen LogP contribution >= 0.6 is 31.9 Å². The van der Waals surface area contributed by atoms with Crippen LogP contribution in [-0.4, -0.2) is 9.77 Å². The SMILES string of the molecule is CC(C)C(Br)NC(=O)Br. The van der Waals surface area contributed by atoms with Crippen molar-refractivity contribution in [2.24, 2.45) is 5.92 Å². The summed E-state index contributed by atoms with van der Waals surface area (Å²) >= 11 is 6.04. The first-order valence-electron chi connectivity index (χ1n) is 2.64. The van der Waals surface area contributed by atoms with Gasteiger partial charge in [0, 0.05) is 15.9 Å². The lowest BCUT2D eigenvalue weighted by atomic mass is 10.2. The average molecular weight is 259 g/mol. The van der Waals surface area contributed by atoms with Gasteiger partial charge in [0.1, 0.15) is 0 Å². The molecule has 2 nitrogen and oxygen atoms in total. The fourth-order valence-electron chi connectivity index (χ4n) is 0.275. The number of amides is 1. The number of carbonyl (C=O) groups is 1. The van der Waals surface area contributed by atoms with Crippen molar-refractivity contribution < 1.29 is 4.79 Å². The predicted octanol–water partition coefficient (Wildman–Crippen LogP) is 2.47. The first-order chi connectivity index (χ1) is 4.04. The van der Waals surface area contributed by atoms with Crippen molar-refractivity contribution in [3.63, 3.8) is 0 Å². The van der Waals surface area contributed by atoms with E-state index in [1.807, 2.05) is 13.8 Å². The maximum Gasteiger partial charge on any atom is 0.288 e. The third kappa shape index (κ3) is 4.90. The lowest BCUT2D eigenvalue weighted by Crippen LogP contribution is -2.29. The Morgan fingerprint density at radius 3 is 2.11 bits per heavy atom. The highest BCUT2D eigenvalue weighted by molar-refractivity contribution is 9.18. The number of alkyl halides is 1. The van der Waals surface area contributed by atoms with Crippen molar-refractivity contribution in [2.75, 3.05) is 0 Å². The molecule has 0 saturated heterocycles. The molecule has 0 aromatic rings. The van der Waals surface area contributed by atoms with E-state index >= 15 is 0 Å². The Kier molecular flexibility index (Phi) is 4.48. The summed E-state index contributed by atoms with van der Waals surface area (Å²) in [5, 5.41) is 2.64. The summed E-state index contributed by atoms with van der Waals surface area (Å²) in [5.74, 6) is 0.409. The normalized spacial score (nSPS) is 13.4. The highest BCUT2D eigenvalue weighted by Gasteiger charge is 2.08. The molecule has 1 unspecified atom stereocenters. The molecule has 0 aromatic heterocycles. The first kappa shape index (κ1) is 9.43. The minimum Gasteiger partial charge on any atom is -0.334 e. The molecule has 0 saturated carbocycles. The van der Waals surface area contributed by atoms with Gasteiger partial charge in [-0.15, -0.1) is 0 Å². The summed E-state index contributed by atoms with van der Waals surface area (Å²) in [6.45, 7) is 4.03. The zero-order chi connectivity index (χ0) is 7.44. The molecule has 4 heteroatoms. The molecule has 0 aromatic carbocycles. The number of hydrogen-bond acceptors (Lipinski definition) is 1. The summed E-state index contributed by atoms with van der Waals surface area (Å²) in [7, 11) is 0. The molecule has 0 spiro atoms. The van der Waals surface area contributed by atoms with Gasteiger partial charge < -0.3 is 5.32 Å². The Hall–Kier alpha value is 0.430. The van der Waals surface area contributed by atoms with Gasteiger partial charge >= 0.3 is 0 Å². The van der Waals surface area contributed by atoms with E-state index in [2.05, 4.69) is 37.2 Å². The van der Waals surface area contributed by atoms with E-state index in [9.17, 15) is 4.79 Å². The topological polar surface area (TPSA) is 29.1 Å². The van der Waals surface area contributed by atoms with Crippen molar-refractivity contribution in [1.29, 1.82) is 0 Å². The molecule has 0 aliphatic heterocycles. The van der Waals surface area contributed by atoms with Crippen LogP contribution < -0.4 is 5.32 Å². The second-order valence-electron chi connectivity index (χ2n) is 2.06. The molecule has 0 aliphatic carbocycles. The van der Waals surface area contributed by atoms with E-state index in [1.165, 1.54) is 0 Å². The number of carbonyl (C=O) groups excluding carboxylic acids is 1. The zero-order valence-electron chi connectivity index (χ0n) is 5.32. The van der Waals surface area contributed by atoms with Gasteiger partial charge in [-0.05, 0) is 5.92 Å². The second-order valence-corrected chi connectivity index (χ2v) is 3.77. The molecular weight excluding hydrogens is 250 g/mol. The number of halogens is 2. The number of rotatable bonds is 2. The summed E-state index contributed by atoms with van der Waals surface area (Å²) in [4.78, 5) is 10.2. The fraction of sp³-hybridized carbons (Fsp3) is 0.800. The van der Waals surface area contributed by atoms with Gasteiger partial charge in [-0.1, -0.05) is 29.8 Å². The molecule has 1 N–H and O–H groups in total. The highest BCUT2D eigenvalue weighted by atomic mass is 79.9. The van der Waals surface area contributed by atoms with Crippen LogP contribution in [0.3, 0.4) is 0 Å². The van der Waals surface area contributed by atoms with Crippen molar-refractivity contribution in [3.05, 3.63) is 0 Å². The monoisotopic (exact) mass is 257 g/mol. The minimum absolute atomic E-state index is 0.0596. The molecule has 1 amide bonds. The third-order valence-electron chi connectivity index (χ3n) is 0.837. The molecule has 0 aliphatic rings. The molecule has 0 bridgehead atoms. The predicted molar refractivity (Wildman–Crippen MR) is 45.0 cm³/mol. The van der Waals surface area contributed by atoms with Crippen LogP contribution in [0.1, 0.15) is 13.8 Å². The van der Waals surface area contributed by atoms with Gasteiger partial charge in [0.15, 0.2) is 0 Å². The molecule has 9 heavy (non-hydrogen) atoms. The summed E-state index contributed by atoms with van der Waals surface area (Å²) in [5.41, 5.74) is 0. The van der Waals surface area contributed by atoms with Gasteiger partial charge in [-0.25, -0.2) is 0 Å². The largest absolute Gasteiger partial charge is 0.334 e. The van der Waals surface area contributed by atoms with E-state index in [0.717, 1.165) is 0 Å². The van der Waals surface area contributed by atoms with Crippen molar-refractivity contribution >= 4 is 36.7 Å². The number of hydrogen-bond donors (Lipinski definition) is 1. The van der Waals surface area contributed by atoms with E-state index in [0.29, 0.717) is 5.92 Å². The summed E-state index contributed by atoms with van der Waals surface area (Å²) in [6, 6.07) is 0. The molecule has 0 radical (unpaired) electrons. The van der Waals surface area contributed by atoms with E-state index in [1.54, 1.807) is 0 Å². The van der Waals surface area contributed by atoms with Gasteiger partial charge in [-0.3, -0.25) is 4.79 Å². The molecule has 0 rings (SSSR count). The third-order valence-corrected chi connectivity index (χ3v) is 2.35. The maximum atomic E-state index is 10.3. The van der Waals surface area contributed by atoms with E-state index in [-0.39, 0.29) is 9.77 Å². The fourth-order valence-corrected chi connectivity index (χ4v) is 1.04. The number of nitrogens with one attached hydrogen (secondary N) is 1. The molecule has 1 atom stereocenters. The lowest BCUT2D eigenvalue weighted by molar-refractivity contribution is 0.259. The second kappa shape index (κ2) is 4.28. The van der Waals surface area contributed by atoms with Crippen LogP contribution in [0.2, 0.25) is 0 Å². The zero-order valence-corrected chi connectivity index (χ0v) is 8.49. The Morgan fingerprint density at radius 2 is 2.00 bits per heavy atom. The Balaban J connectivity index is 3.50. The molecule has 0 heterocycles. The van der Waals surface area contributed by atoms with Gasteiger partial charge in [0.05, 0.1) is 4.95 Å². The van der Waals surface area contributed by atoms with E-state index in [4.69, 9.17) is 0 Å². The minimum atomic E-state index is -0.182. The van der Waals surface area contributed by atoms with Crippen LogP contribution in [0.5, 0.6) is 0 Å². The standard InChI is InChI=1S/C5H9Br2NO/c1-3(2)4(6)8-5(7)9/h3-4H,1-2H3,(H,8,9). The van der Waals surface area contributed by atoms with Crippen LogP contribution in [-0.2, 0) is 0 Å². The van der Waals surface area contributed by atoms with Crippen LogP contribution in [0.4, 0.5) is 4.79 Å². The smallest absolute Gasteiger partial charge is 0.288 e. The summed E-state index contributed by atoms with van der Waals surface area (Å²) < 4.78 is 0. The molecule has 54 valence electrons. The van der Waals surface area contributed by atoms with Crippen LogP contribution in [0.15, 0.2) is 0 Å².